The number of nitrogens with zero attached hydrogens (tertiary/aromatic N) is 2. The predicted octanol–water partition coefficient (Wildman–Crippen LogP) is 2.11. The fourth-order valence-electron chi connectivity index (χ4n) is 1.08. The summed E-state index contributed by atoms with van der Waals surface area (Å²) in [6, 6.07) is 1.87. The summed E-state index contributed by atoms with van der Waals surface area (Å²) in [5.41, 5.74) is 0. The molecule has 1 N–H and O–H groups in total. The Bertz CT molecular complexity index is 258. The van der Waals surface area contributed by atoms with E-state index in [0.29, 0.717) is 5.92 Å². The molecule has 1 aromatic rings. The van der Waals surface area contributed by atoms with E-state index in [1.54, 1.807) is 6.20 Å². The molecule has 0 aliphatic carbocycles. The van der Waals surface area contributed by atoms with Crippen molar-refractivity contribution in [1.29, 1.82) is 0 Å². The lowest BCUT2D eigenvalue weighted by Crippen LogP contribution is -2.01. The van der Waals surface area contributed by atoms with Crippen molar-refractivity contribution in [1.82, 2.24) is 9.97 Å². The van der Waals surface area contributed by atoms with Gasteiger partial charge < -0.3 is 5.32 Å². The summed E-state index contributed by atoms with van der Waals surface area (Å²) in [5.74, 6) is 2.54. The van der Waals surface area contributed by atoms with Gasteiger partial charge in [-0.05, 0) is 18.4 Å². The highest BCUT2D eigenvalue weighted by Gasteiger charge is 1.99. The SMILES string of the molecule is CNc1ccnc(CCC(C)C)n1. The molecule has 13 heavy (non-hydrogen) atoms. The minimum absolute atomic E-state index is 0.710. The van der Waals surface area contributed by atoms with Crippen LogP contribution in [0.25, 0.3) is 0 Å². The molecule has 0 amide bonds. The summed E-state index contributed by atoms with van der Waals surface area (Å²) >= 11 is 0. The van der Waals surface area contributed by atoms with E-state index in [4.69, 9.17) is 0 Å². The first-order valence-corrected chi connectivity index (χ1v) is 4.72. The van der Waals surface area contributed by atoms with Crippen molar-refractivity contribution >= 4 is 5.82 Å². The van der Waals surface area contributed by atoms with Gasteiger partial charge in [0.2, 0.25) is 0 Å². The average Bonchev–Trinajstić information content (AvgIpc) is 2.15. The van der Waals surface area contributed by atoms with Crippen LogP contribution in [-0.4, -0.2) is 17.0 Å². The van der Waals surface area contributed by atoms with Crippen molar-refractivity contribution in [3.05, 3.63) is 18.1 Å². The van der Waals surface area contributed by atoms with E-state index in [-0.39, 0.29) is 0 Å². The summed E-state index contributed by atoms with van der Waals surface area (Å²) in [6.45, 7) is 4.42. The Kier molecular flexibility index (Phi) is 3.68. The van der Waals surface area contributed by atoms with Gasteiger partial charge in [-0.3, -0.25) is 0 Å². The second-order valence-electron chi connectivity index (χ2n) is 3.54. The van der Waals surface area contributed by atoms with Gasteiger partial charge in [0.05, 0.1) is 0 Å². The van der Waals surface area contributed by atoms with Crippen molar-refractivity contribution in [3.8, 4) is 0 Å². The standard InChI is InChI=1S/C10H17N3/c1-8(2)4-5-10-12-7-6-9(11-3)13-10/h6-8H,4-5H2,1-3H3,(H,11,12,13). The third-order valence-electron chi connectivity index (χ3n) is 1.91. The maximum atomic E-state index is 4.34. The highest BCUT2D eigenvalue weighted by atomic mass is 15.0. The van der Waals surface area contributed by atoms with Gasteiger partial charge in [0.1, 0.15) is 11.6 Å². The van der Waals surface area contributed by atoms with Crippen LogP contribution in [0.5, 0.6) is 0 Å². The van der Waals surface area contributed by atoms with Crippen molar-refractivity contribution in [2.75, 3.05) is 12.4 Å². The molecule has 72 valence electrons. The normalized spacial score (nSPS) is 10.5. The Balaban J connectivity index is 2.56. The third kappa shape index (κ3) is 3.40. The molecule has 0 saturated heterocycles. The van der Waals surface area contributed by atoms with E-state index in [2.05, 4.69) is 29.1 Å². The maximum absolute atomic E-state index is 4.34. The topological polar surface area (TPSA) is 37.8 Å². The molecule has 0 aliphatic rings. The van der Waals surface area contributed by atoms with Crippen LogP contribution in [-0.2, 0) is 6.42 Å². The van der Waals surface area contributed by atoms with Crippen LogP contribution in [0, 0.1) is 5.92 Å². The van der Waals surface area contributed by atoms with E-state index < -0.39 is 0 Å². The number of aryl methyl sites for hydroxylation is 1. The monoisotopic (exact) mass is 179 g/mol. The molecule has 0 unspecified atom stereocenters. The van der Waals surface area contributed by atoms with Crippen LogP contribution in [0.3, 0.4) is 0 Å². The molecule has 0 bridgehead atoms. The lowest BCUT2D eigenvalue weighted by molar-refractivity contribution is 0.575. The minimum Gasteiger partial charge on any atom is -0.373 e. The number of hydrogen-bond donors (Lipinski definition) is 1. The molecule has 0 saturated carbocycles. The van der Waals surface area contributed by atoms with Gasteiger partial charge in [-0.15, -0.1) is 0 Å². The van der Waals surface area contributed by atoms with Crippen LogP contribution in [0.1, 0.15) is 26.1 Å². The fourth-order valence-corrected chi connectivity index (χ4v) is 1.08. The van der Waals surface area contributed by atoms with E-state index in [1.165, 1.54) is 0 Å². The second-order valence-corrected chi connectivity index (χ2v) is 3.54. The van der Waals surface area contributed by atoms with E-state index in [1.807, 2.05) is 13.1 Å². The largest absolute Gasteiger partial charge is 0.373 e. The lowest BCUT2D eigenvalue weighted by Gasteiger charge is -2.04. The molecule has 1 aromatic heterocycles. The van der Waals surface area contributed by atoms with Gasteiger partial charge in [-0.1, -0.05) is 13.8 Å². The van der Waals surface area contributed by atoms with Crippen LogP contribution in [0.2, 0.25) is 0 Å². The molecule has 0 atom stereocenters. The number of anilines is 1. The van der Waals surface area contributed by atoms with Gasteiger partial charge in [-0.2, -0.15) is 0 Å². The predicted molar refractivity (Wildman–Crippen MR) is 54.7 cm³/mol. The number of aromatic nitrogens is 2. The zero-order valence-electron chi connectivity index (χ0n) is 8.54. The zero-order valence-corrected chi connectivity index (χ0v) is 8.54. The summed E-state index contributed by atoms with van der Waals surface area (Å²) < 4.78 is 0. The van der Waals surface area contributed by atoms with Crippen molar-refractivity contribution in [2.24, 2.45) is 5.92 Å². The molecule has 3 heteroatoms. The highest BCUT2D eigenvalue weighted by Crippen LogP contribution is 2.06. The number of rotatable bonds is 4. The molecule has 0 fully saturated rings. The van der Waals surface area contributed by atoms with Crippen LogP contribution >= 0.6 is 0 Å². The molecule has 0 aromatic carbocycles. The number of nitrogens with one attached hydrogen (secondary N) is 1. The van der Waals surface area contributed by atoms with Crippen molar-refractivity contribution in [3.63, 3.8) is 0 Å². The molecular weight excluding hydrogens is 162 g/mol. The Morgan fingerprint density at radius 3 is 2.85 bits per heavy atom. The summed E-state index contributed by atoms with van der Waals surface area (Å²) in [6.07, 6.45) is 3.91. The first kappa shape index (κ1) is 9.96. The van der Waals surface area contributed by atoms with Crippen LogP contribution < -0.4 is 5.32 Å². The second kappa shape index (κ2) is 4.80. The Morgan fingerprint density at radius 1 is 1.46 bits per heavy atom. The Labute approximate surface area is 79.6 Å². The molecule has 0 aliphatic heterocycles. The maximum Gasteiger partial charge on any atom is 0.130 e. The third-order valence-corrected chi connectivity index (χ3v) is 1.91. The Hall–Kier alpha value is -1.12. The van der Waals surface area contributed by atoms with Gasteiger partial charge in [-0.25, -0.2) is 9.97 Å². The molecular formula is C10H17N3. The van der Waals surface area contributed by atoms with Crippen LogP contribution in [0.15, 0.2) is 12.3 Å². The lowest BCUT2D eigenvalue weighted by atomic mass is 10.1. The Morgan fingerprint density at radius 2 is 2.23 bits per heavy atom. The zero-order chi connectivity index (χ0) is 9.68. The smallest absolute Gasteiger partial charge is 0.130 e. The molecule has 3 nitrogen and oxygen atoms in total. The quantitative estimate of drug-likeness (QED) is 0.769. The highest BCUT2D eigenvalue weighted by molar-refractivity contribution is 5.31. The number of hydrogen-bond acceptors (Lipinski definition) is 3. The summed E-state index contributed by atoms with van der Waals surface area (Å²) in [7, 11) is 1.87. The van der Waals surface area contributed by atoms with Crippen molar-refractivity contribution in [2.45, 2.75) is 26.7 Å². The van der Waals surface area contributed by atoms with E-state index in [0.717, 1.165) is 24.5 Å². The molecule has 1 rings (SSSR count). The van der Waals surface area contributed by atoms with Gasteiger partial charge in [0.15, 0.2) is 0 Å². The van der Waals surface area contributed by atoms with Gasteiger partial charge in [0, 0.05) is 19.7 Å². The molecule has 0 radical (unpaired) electrons. The van der Waals surface area contributed by atoms with E-state index in [9.17, 15) is 0 Å². The molecule has 1 heterocycles. The fraction of sp³-hybridized carbons (Fsp3) is 0.600. The van der Waals surface area contributed by atoms with Crippen LogP contribution in [0.4, 0.5) is 5.82 Å². The van der Waals surface area contributed by atoms with Crippen molar-refractivity contribution < 1.29 is 0 Å². The van der Waals surface area contributed by atoms with Gasteiger partial charge in [0.25, 0.3) is 0 Å². The minimum atomic E-state index is 0.710. The summed E-state index contributed by atoms with van der Waals surface area (Å²) in [4.78, 5) is 8.55. The molecule has 0 spiro atoms. The average molecular weight is 179 g/mol. The summed E-state index contributed by atoms with van der Waals surface area (Å²) in [5, 5.41) is 3.00. The van der Waals surface area contributed by atoms with Gasteiger partial charge >= 0.3 is 0 Å². The first-order valence-electron chi connectivity index (χ1n) is 4.72. The first-order chi connectivity index (χ1) is 6.22. The van der Waals surface area contributed by atoms with E-state index >= 15 is 0 Å².